The predicted octanol–water partition coefficient (Wildman–Crippen LogP) is 4.78. The molecule has 6 heteroatoms. The highest BCUT2D eigenvalue weighted by molar-refractivity contribution is 5.88. The average Bonchev–Trinajstić information content (AvgIpc) is 3.13. The number of hydrogen-bond donors (Lipinski definition) is 1. The maximum absolute atomic E-state index is 13.9. The maximum Gasteiger partial charge on any atom is 0.307 e. The van der Waals surface area contributed by atoms with Crippen LogP contribution in [0.1, 0.15) is 55.5 Å². The minimum absolute atomic E-state index is 0.00162. The zero-order chi connectivity index (χ0) is 23.8. The number of nitrogens with zero attached hydrogens (tertiary/aromatic N) is 2. The van der Waals surface area contributed by atoms with E-state index in [4.69, 9.17) is 0 Å². The average molecular weight is 451 g/mol. The Bertz CT molecular complexity index is 1180. The Morgan fingerprint density at radius 3 is 2.48 bits per heavy atom. The summed E-state index contributed by atoms with van der Waals surface area (Å²) in [6, 6.07) is 12.2. The molecule has 1 aliphatic rings. The number of hydrogen-bond acceptors (Lipinski definition) is 2. The molecular weight excluding hydrogens is 419 g/mol. The van der Waals surface area contributed by atoms with Crippen molar-refractivity contribution in [2.24, 2.45) is 0 Å². The number of carboxylic acids is 1. The predicted molar refractivity (Wildman–Crippen MR) is 126 cm³/mol. The first-order chi connectivity index (χ1) is 15.8. The Kier molecular flexibility index (Phi) is 6.28. The Hall–Kier alpha value is -3.15. The molecular formula is C27H31FN2O3. The molecule has 0 bridgehead atoms. The highest BCUT2D eigenvalue weighted by atomic mass is 19.1. The number of carboxylic acid groups (broad SMARTS) is 1. The van der Waals surface area contributed by atoms with Crippen LogP contribution in [0.15, 0.2) is 48.7 Å². The quantitative estimate of drug-likeness (QED) is 0.564. The third kappa shape index (κ3) is 3.92. The van der Waals surface area contributed by atoms with Crippen molar-refractivity contribution in [1.82, 2.24) is 9.30 Å². The third-order valence-corrected chi connectivity index (χ3v) is 7.54. The van der Waals surface area contributed by atoms with Gasteiger partial charge in [0, 0.05) is 36.9 Å². The van der Waals surface area contributed by atoms with Crippen molar-refractivity contribution in [2.75, 3.05) is 7.05 Å². The lowest BCUT2D eigenvalue weighted by molar-refractivity contribution is -0.139. The van der Waals surface area contributed by atoms with Crippen molar-refractivity contribution >= 4 is 17.4 Å². The van der Waals surface area contributed by atoms with Crippen LogP contribution in [0.4, 0.5) is 4.39 Å². The normalized spacial score (nSPS) is 15.9. The number of aromatic nitrogens is 1. The second kappa shape index (κ2) is 9.00. The molecule has 4 rings (SSSR count). The minimum atomic E-state index is -0.835. The third-order valence-electron chi connectivity index (χ3n) is 7.54. The van der Waals surface area contributed by atoms with Crippen LogP contribution in [0.5, 0.6) is 0 Å². The summed E-state index contributed by atoms with van der Waals surface area (Å²) in [6.45, 7) is 4.02. The highest BCUT2D eigenvalue weighted by Gasteiger charge is 2.41. The lowest BCUT2D eigenvalue weighted by Gasteiger charge is -2.40. The van der Waals surface area contributed by atoms with Crippen molar-refractivity contribution in [3.05, 3.63) is 76.9 Å². The van der Waals surface area contributed by atoms with Gasteiger partial charge in [-0.1, -0.05) is 32.0 Å². The van der Waals surface area contributed by atoms with E-state index < -0.39 is 11.4 Å². The monoisotopic (exact) mass is 450 g/mol. The van der Waals surface area contributed by atoms with Crippen LogP contribution >= 0.6 is 0 Å². The van der Waals surface area contributed by atoms with E-state index in [1.54, 1.807) is 12.1 Å². The summed E-state index contributed by atoms with van der Waals surface area (Å²) < 4.78 is 15.6. The van der Waals surface area contributed by atoms with Crippen molar-refractivity contribution in [1.29, 1.82) is 0 Å². The topological polar surface area (TPSA) is 62.0 Å². The van der Waals surface area contributed by atoms with Gasteiger partial charge in [-0.15, -0.1) is 0 Å². The van der Waals surface area contributed by atoms with Crippen molar-refractivity contribution in [2.45, 2.75) is 63.8 Å². The molecule has 1 aromatic carbocycles. The van der Waals surface area contributed by atoms with Gasteiger partial charge in [0.15, 0.2) is 0 Å². The van der Waals surface area contributed by atoms with Gasteiger partial charge in [-0.05, 0) is 66.6 Å². The first-order valence-corrected chi connectivity index (χ1v) is 11.7. The fraction of sp³-hybridized carbons (Fsp3) is 0.407. The summed E-state index contributed by atoms with van der Waals surface area (Å²) in [5.41, 5.74) is 4.17. The molecule has 0 saturated carbocycles. The fourth-order valence-electron chi connectivity index (χ4n) is 5.59. The van der Waals surface area contributed by atoms with Gasteiger partial charge in [-0.3, -0.25) is 9.59 Å². The minimum Gasteiger partial charge on any atom is -0.481 e. The van der Waals surface area contributed by atoms with Crippen LogP contribution in [-0.4, -0.2) is 39.4 Å². The second-order valence-corrected chi connectivity index (χ2v) is 9.04. The van der Waals surface area contributed by atoms with Gasteiger partial charge >= 0.3 is 5.97 Å². The largest absolute Gasteiger partial charge is 0.481 e. The number of benzene rings is 1. The molecule has 33 heavy (non-hydrogen) atoms. The summed E-state index contributed by atoms with van der Waals surface area (Å²) in [5, 5.41) is 9.44. The van der Waals surface area contributed by atoms with Crippen LogP contribution in [0, 0.1) is 5.82 Å². The zero-order valence-corrected chi connectivity index (χ0v) is 19.5. The smallest absolute Gasteiger partial charge is 0.307 e. The van der Waals surface area contributed by atoms with E-state index in [-0.39, 0.29) is 24.2 Å². The first-order valence-electron chi connectivity index (χ1n) is 11.7. The van der Waals surface area contributed by atoms with E-state index in [0.29, 0.717) is 19.3 Å². The highest BCUT2D eigenvalue weighted by Crippen LogP contribution is 2.37. The molecule has 1 amide bonds. The summed E-state index contributed by atoms with van der Waals surface area (Å²) in [4.78, 5) is 27.3. The number of carbonyl (C=O) groups is 2. The van der Waals surface area contributed by atoms with Crippen molar-refractivity contribution in [3.8, 4) is 0 Å². The van der Waals surface area contributed by atoms with Crippen LogP contribution in [0.3, 0.4) is 0 Å². The summed E-state index contributed by atoms with van der Waals surface area (Å²) in [6.07, 6.45) is 5.44. The Balaban J connectivity index is 1.67. The summed E-state index contributed by atoms with van der Waals surface area (Å²) in [5.74, 6) is -1.09. The molecule has 0 fully saturated rings. The van der Waals surface area contributed by atoms with Crippen molar-refractivity contribution < 1.29 is 19.1 Å². The lowest BCUT2D eigenvalue weighted by Crippen LogP contribution is -2.50. The molecule has 174 valence electrons. The van der Waals surface area contributed by atoms with Gasteiger partial charge in [0.25, 0.3) is 0 Å². The standard InChI is InChI=1S/C27H31FN2O3/c1-4-27(5-2,18-9-11-19(28)12-10-18)26(33)29(3)20-13-14-21-22(17-25(31)32)23-8-6-7-15-30(23)24(21)16-20/h6-12,15,20H,4-5,13-14,16-17H2,1-3H3,(H,31,32)/t20-/m1/s1. The van der Waals surface area contributed by atoms with E-state index in [2.05, 4.69) is 4.40 Å². The number of rotatable bonds is 7. The number of aliphatic carboxylic acids is 1. The molecule has 3 aromatic rings. The van der Waals surface area contributed by atoms with Crippen LogP contribution in [0.2, 0.25) is 0 Å². The second-order valence-electron chi connectivity index (χ2n) is 9.04. The van der Waals surface area contributed by atoms with Gasteiger partial charge in [0.2, 0.25) is 5.91 Å². The molecule has 0 unspecified atom stereocenters. The Morgan fingerprint density at radius 1 is 1.15 bits per heavy atom. The number of pyridine rings is 1. The zero-order valence-electron chi connectivity index (χ0n) is 19.5. The Labute approximate surface area is 193 Å². The molecule has 0 saturated heterocycles. The van der Waals surface area contributed by atoms with Gasteiger partial charge in [0.1, 0.15) is 5.82 Å². The van der Waals surface area contributed by atoms with Gasteiger partial charge in [-0.25, -0.2) is 4.39 Å². The molecule has 0 radical (unpaired) electrons. The summed E-state index contributed by atoms with van der Waals surface area (Å²) >= 11 is 0. The molecule has 2 aromatic heterocycles. The van der Waals surface area contributed by atoms with E-state index in [9.17, 15) is 19.1 Å². The maximum atomic E-state index is 13.9. The number of carbonyl (C=O) groups excluding carboxylic acids is 1. The molecule has 5 nitrogen and oxygen atoms in total. The van der Waals surface area contributed by atoms with Crippen LogP contribution in [0.25, 0.3) is 5.52 Å². The molecule has 1 atom stereocenters. The van der Waals surface area contributed by atoms with E-state index in [1.165, 1.54) is 12.1 Å². The fourth-order valence-corrected chi connectivity index (χ4v) is 5.59. The van der Waals surface area contributed by atoms with Crippen LogP contribution < -0.4 is 0 Å². The van der Waals surface area contributed by atoms with E-state index >= 15 is 0 Å². The number of likely N-dealkylation sites (N-methyl/N-ethyl adjacent to an activating group) is 1. The molecule has 0 aliphatic heterocycles. The molecule has 1 N–H and O–H groups in total. The van der Waals surface area contributed by atoms with Crippen LogP contribution in [-0.2, 0) is 34.3 Å². The lowest BCUT2D eigenvalue weighted by atomic mass is 9.74. The van der Waals surface area contributed by atoms with E-state index in [0.717, 1.165) is 40.7 Å². The molecule has 2 heterocycles. The van der Waals surface area contributed by atoms with Crippen molar-refractivity contribution in [3.63, 3.8) is 0 Å². The SMILES string of the molecule is CCC(CC)(C(=O)N(C)[C@@H]1CCc2c(CC(=O)O)c3ccccn3c2C1)c1ccc(F)cc1. The first kappa shape index (κ1) is 23.0. The molecule has 0 spiro atoms. The number of amides is 1. The van der Waals surface area contributed by atoms with Gasteiger partial charge in [0.05, 0.1) is 11.8 Å². The Morgan fingerprint density at radius 2 is 1.85 bits per heavy atom. The van der Waals surface area contributed by atoms with Gasteiger partial charge in [-0.2, -0.15) is 0 Å². The number of halogens is 1. The molecule has 1 aliphatic carbocycles. The number of fused-ring (bicyclic) bond motifs is 3. The van der Waals surface area contributed by atoms with Gasteiger partial charge < -0.3 is 14.4 Å². The summed E-state index contributed by atoms with van der Waals surface area (Å²) in [7, 11) is 1.87. The van der Waals surface area contributed by atoms with E-state index in [1.807, 2.05) is 50.2 Å².